The van der Waals surface area contributed by atoms with Crippen molar-refractivity contribution in [2.75, 3.05) is 13.2 Å². The second-order valence-corrected chi connectivity index (χ2v) is 5.61. The van der Waals surface area contributed by atoms with Crippen molar-refractivity contribution < 1.29 is 19.4 Å². The number of carbonyl (C=O) groups is 1. The molecule has 1 aliphatic carbocycles. The molecule has 1 aromatic rings. The number of nitrogens with one attached hydrogen (secondary N) is 1. The quantitative estimate of drug-likeness (QED) is 0.823. The van der Waals surface area contributed by atoms with Crippen molar-refractivity contribution >= 4 is 23.3 Å². The molecule has 0 saturated heterocycles. The van der Waals surface area contributed by atoms with Gasteiger partial charge in [0.05, 0.1) is 18.8 Å². The Hall–Kier alpha value is -1.86. The van der Waals surface area contributed by atoms with E-state index in [4.69, 9.17) is 26.2 Å². The van der Waals surface area contributed by atoms with Crippen LogP contribution in [0.15, 0.2) is 12.3 Å². The molecule has 2 aliphatic rings. The molecule has 0 radical (unpaired) electrons. The Balaban J connectivity index is 1.69. The van der Waals surface area contributed by atoms with Crippen LogP contribution in [0.3, 0.4) is 0 Å². The van der Waals surface area contributed by atoms with E-state index in [0.717, 1.165) is 17.6 Å². The number of hydrogen-bond donors (Lipinski definition) is 2. The topological polar surface area (TPSA) is 93.6 Å². The number of halogens is 1. The smallest absolute Gasteiger partial charge is 0.404 e. The highest BCUT2D eigenvalue weighted by Crippen LogP contribution is 2.32. The summed E-state index contributed by atoms with van der Waals surface area (Å²) >= 11 is 5.86. The molecule has 7 nitrogen and oxygen atoms in total. The summed E-state index contributed by atoms with van der Waals surface area (Å²) in [5, 5.41) is 11.2. The van der Waals surface area contributed by atoms with E-state index in [2.05, 4.69) is 15.3 Å². The second kappa shape index (κ2) is 6.50. The van der Waals surface area contributed by atoms with Gasteiger partial charge in [-0.05, 0) is 23.6 Å². The van der Waals surface area contributed by atoms with Crippen molar-refractivity contribution in [3.63, 3.8) is 0 Å². The predicted octanol–water partition coefficient (Wildman–Crippen LogP) is 2.11. The van der Waals surface area contributed by atoms with Crippen molar-refractivity contribution in [1.82, 2.24) is 15.3 Å². The van der Waals surface area contributed by atoms with Crippen molar-refractivity contribution in [2.24, 2.45) is 0 Å². The highest BCUT2D eigenvalue weighted by molar-refractivity contribution is 6.28. The molecule has 8 heteroatoms. The molecule has 1 aliphatic heterocycles. The van der Waals surface area contributed by atoms with Gasteiger partial charge >= 0.3 is 6.09 Å². The van der Waals surface area contributed by atoms with Crippen LogP contribution in [0.25, 0.3) is 5.57 Å². The van der Waals surface area contributed by atoms with Gasteiger partial charge in [-0.1, -0.05) is 6.08 Å². The summed E-state index contributed by atoms with van der Waals surface area (Å²) < 4.78 is 11.2. The van der Waals surface area contributed by atoms with Crippen LogP contribution in [-0.4, -0.2) is 46.5 Å². The van der Waals surface area contributed by atoms with Gasteiger partial charge in [-0.25, -0.2) is 9.78 Å². The van der Waals surface area contributed by atoms with Gasteiger partial charge in [0.2, 0.25) is 11.2 Å². The maximum absolute atomic E-state index is 10.6. The van der Waals surface area contributed by atoms with E-state index in [0.29, 0.717) is 31.9 Å². The highest BCUT2D eigenvalue weighted by Gasteiger charge is 2.33. The summed E-state index contributed by atoms with van der Waals surface area (Å²) in [7, 11) is 0. The van der Waals surface area contributed by atoms with E-state index >= 15 is 0 Å². The summed E-state index contributed by atoms with van der Waals surface area (Å²) in [6, 6.07) is -0.0643. The first-order valence-corrected chi connectivity index (χ1v) is 7.45. The van der Waals surface area contributed by atoms with Crippen LogP contribution >= 0.6 is 11.6 Å². The van der Waals surface area contributed by atoms with Gasteiger partial charge in [0, 0.05) is 25.1 Å². The van der Waals surface area contributed by atoms with Gasteiger partial charge < -0.3 is 19.9 Å². The molecule has 3 rings (SSSR count). The molecule has 2 N–H and O–H groups in total. The third-order valence-corrected chi connectivity index (χ3v) is 3.92. The maximum atomic E-state index is 10.6. The van der Waals surface area contributed by atoms with Gasteiger partial charge in [0.1, 0.15) is 6.10 Å². The lowest BCUT2D eigenvalue weighted by molar-refractivity contribution is 0.0788. The monoisotopic (exact) mass is 325 g/mol. The molecule has 118 valence electrons. The Morgan fingerprint density at radius 2 is 2.32 bits per heavy atom. The number of hydrogen-bond acceptors (Lipinski definition) is 5. The molecular formula is C14H16ClN3O4. The summed E-state index contributed by atoms with van der Waals surface area (Å²) in [4.78, 5) is 18.8. The number of aromatic nitrogens is 2. The van der Waals surface area contributed by atoms with Crippen LogP contribution in [0.1, 0.15) is 24.8 Å². The van der Waals surface area contributed by atoms with Gasteiger partial charge in [-0.2, -0.15) is 4.98 Å². The zero-order valence-corrected chi connectivity index (χ0v) is 12.5. The zero-order chi connectivity index (χ0) is 15.5. The SMILES string of the molecule is O=C(O)NC1CC(Oc2nc(Cl)ncc2C2=CCOCC2)C1. The maximum Gasteiger partial charge on any atom is 0.404 e. The Kier molecular flexibility index (Phi) is 4.44. The minimum Gasteiger partial charge on any atom is -0.474 e. The fraction of sp³-hybridized carbons (Fsp3) is 0.500. The fourth-order valence-electron chi connectivity index (χ4n) is 2.54. The number of carboxylic acid groups (broad SMARTS) is 1. The largest absolute Gasteiger partial charge is 0.474 e. The van der Waals surface area contributed by atoms with Crippen LogP contribution < -0.4 is 10.1 Å². The average molecular weight is 326 g/mol. The van der Waals surface area contributed by atoms with Gasteiger partial charge in [-0.3, -0.25) is 0 Å². The standard InChI is InChI=1S/C14H16ClN3O4/c15-13-16-7-11(8-1-3-21-4-2-8)12(18-13)22-10-5-9(6-10)17-14(19)20/h1,7,9-10,17H,2-6H2,(H,19,20). The third kappa shape index (κ3) is 3.48. The molecule has 1 amide bonds. The van der Waals surface area contributed by atoms with E-state index in [1.54, 1.807) is 6.20 Å². The number of ether oxygens (including phenoxy) is 2. The second-order valence-electron chi connectivity index (χ2n) is 5.27. The molecule has 0 unspecified atom stereocenters. The van der Waals surface area contributed by atoms with Crippen molar-refractivity contribution in [2.45, 2.75) is 31.4 Å². The molecule has 2 heterocycles. The van der Waals surface area contributed by atoms with Gasteiger partial charge in [-0.15, -0.1) is 0 Å². The molecule has 1 saturated carbocycles. The summed E-state index contributed by atoms with van der Waals surface area (Å²) in [5.41, 5.74) is 1.90. The molecule has 1 aromatic heterocycles. The third-order valence-electron chi connectivity index (χ3n) is 3.73. The van der Waals surface area contributed by atoms with E-state index in [1.165, 1.54) is 0 Å². The van der Waals surface area contributed by atoms with E-state index in [1.807, 2.05) is 6.08 Å². The molecule has 0 atom stereocenters. The Morgan fingerprint density at radius 1 is 1.50 bits per heavy atom. The lowest BCUT2D eigenvalue weighted by Gasteiger charge is -2.35. The minimum absolute atomic E-state index is 0.0643. The Labute approximate surface area is 132 Å². The van der Waals surface area contributed by atoms with Crippen molar-refractivity contribution in [1.29, 1.82) is 0 Å². The van der Waals surface area contributed by atoms with Crippen molar-refractivity contribution in [3.05, 3.63) is 23.1 Å². The van der Waals surface area contributed by atoms with E-state index in [-0.39, 0.29) is 17.4 Å². The summed E-state index contributed by atoms with van der Waals surface area (Å²) in [6.45, 7) is 1.22. The molecule has 22 heavy (non-hydrogen) atoms. The first-order chi connectivity index (χ1) is 10.6. The summed E-state index contributed by atoms with van der Waals surface area (Å²) in [6.07, 6.45) is 4.58. The molecule has 0 spiro atoms. The van der Waals surface area contributed by atoms with Crippen LogP contribution in [0.5, 0.6) is 5.88 Å². The van der Waals surface area contributed by atoms with E-state index in [9.17, 15) is 4.79 Å². The van der Waals surface area contributed by atoms with Gasteiger partial charge in [0.15, 0.2) is 0 Å². The Bertz CT molecular complexity index is 602. The zero-order valence-electron chi connectivity index (χ0n) is 11.8. The highest BCUT2D eigenvalue weighted by atomic mass is 35.5. The molecule has 1 fully saturated rings. The van der Waals surface area contributed by atoms with Crippen LogP contribution in [-0.2, 0) is 4.74 Å². The lowest BCUT2D eigenvalue weighted by atomic mass is 9.89. The van der Waals surface area contributed by atoms with Crippen LogP contribution in [0.2, 0.25) is 5.28 Å². The minimum atomic E-state index is -1.01. The van der Waals surface area contributed by atoms with Crippen molar-refractivity contribution in [3.8, 4) is 5.88 Å². The Morgan fingerprint density at radius 3 is 3.00 bits per heavy atom. The average Bonchev–Trinajstić information content (AvgIpc) is 2.45. The number of amides is 1. The number of rotatable bonds is 4. The molecular weight excluding hydrogens is 310 g/mol. The van der Waals surface area contributed by atoms with E-state index < -0.39 is 6.09 Å². The lowest BCUT2D eigenvalue weighted by Crippen LogP contribution is -2.48. The fourth-order valence-corrected chi connectivity index (χ4v) is 2.67. The summed E-state index contributed by atoms with van der Waals surface area (Å²) in [5.74, 6) is 0.451. The number of nitrogens with zero attached hydrogens (tertiary/aromatic N) is 2. The predicted molar refractivity (Wildman–Crippen MR) is 79.1 cm³/mol. The first-order valence-electron chi connectivity index (χ1n) is 7.07. The van der Waals surface area contributed by atoms with Crippen LogP contribution in [0.4, 0.5) is 4.79 Å². The first kappa shape index (κ1) is 15.1. The van der Waals surface area contributed by atoms with Gasteiger partial charge in [0.25, 0.3) is 0 Å². The molecule has 0 bridgehead atoms. The van der Waals surface area contributed by atoms with Crippen LogP contribution in [0, 0.1) is 0 Å². The molecule has 0 aromatic carbocycles. The normalized spacial score (nSPS) is 24.1.